The molecule has 4 aromatic rings. The number of nitro benzene ring substituents is 2. The van der Waals surface area contributed by atoms with Crippen LogP contribution in [0.3, 0.4) is 0 Å². The number of unbranched alkanes of at least 4 members (excludes halogenated alkanes) is 36. The highest BCUT2D eigenvalue weighted by Crippen LogP contribution is 2.31. The molecule has 3 N–H and O–H groups in total. The molecule has 0 aliphatic heterocycles. The number of nitrogen functional groups attached to an aromatic ring is 1. The first-order valence-electron chi connectivity index (χ1n) is 35.1. The number of phenols is 1. The van der Waals surface area contributed by atoms with Crippen molar-refractivity contribution in [3.63, 3.8) is 0 Å². The van der Waals surface area contributed by atoms with Crippen LogP contribution >= 0.6 is 83.7 Å². The second-order valence-electron chi connectivity index (χ2n) is 23.7. The van der Waals surface area contributed by atoms with E-state index in [0.29, 0.717) is 28.1 Å². The van der Waals surface area contributed by atoms with Gasteiger partial charge in [0.05, 0.1) is 35.4 Å². The summed E-state index contributed by atoms with van der Waals surface area (Å²) in [6, 6.07) is 19.4. The number of nitrogens with two attached hydrogens (primary N) is 1. The number of aryl methyl sites for hydroxylation is 1. The van der Waals surface area contributed by atoms with E-state index in [1.165, 1.54) is 255 Å². The molecule has 4 rings (SSSR count). The maximum absolute atomic E-state index is 10.9. The molecular weight excluding hydrogens is 1400 g/mol. The number of halogens is 7. The van der Waals surface area contributed by atoms with Crippen LogP contribution in [0.15, 0.2) is 72.8 Å². The number of aromatic hydroxyl groups is 1. The molecule has 0 aliphatic carbocycles. The third kappa shape index (κ3) is 61.2. The fourth-order valence-electron chi connectivity index (χ4n) is 9.72. The first-order valence-corrected chi connectivity index (χ1v) is 40.9. The maximum Gasteiger partial charge on any atom is 0.317 e. The molecular formula is C73H118BrCl6N3O10S. The van der Waals surface area contributed by atoms with Gasteiger partial charge in [0.1, 0.15) is 11.5 Å². The lowest BCUT2D eigenvalue weighted by Gasteiger charge is -2.09. The molecule has 0 atom stereocenters. The molecule has 0 radical (unpaired) electrons. The van der Waals surface area contributed by atoms with Crippen LogP contribution in [-0.2, 0) is 8.26 Å². The molecule has 0 saturated heterocycles. The van der Waals surface area contributed by atoms with Crippen molar-refractivity contribution in [2.24, 2.45) is 0 Å². The van der Waals surface area contributed by atoms with E-state index in [-0.39, 0.29) is 22.1 Å². The summed E-state index contributed by atoms with van der Waals surface area (Å²) in [5.41, 5.74) is 7.14. The van der Waals surface area contributed by atoms with Crippen LogP contribution in [0.4, 0.5) is 17.1 Å². The normalized spacial score (nSPS) is 10.6. The van der Waals surface area contributed by atoms with Crippen molar-refractivity contribution < 1.29 is 37.6 Å². The molecule has 0 spiro atoms. The zero-order valence-corrected chi connectivity index (χ0v) is 64.6. The number of phenolic OH excluding ortho intramolecular Hbond substituents is 1. The molecule has 94 heavy (non-hydrogen) atoms. The zero-order chi connectivity index (χ0) is 70.3. The summed E-state index contributed by atoms with van der Waals surface area (Å²) in [4.78, 5) is 20.0. The highest BCUT2D eigenvalue weighted by molar-refractivity contribution is 9.09. The Balaban J connectivity index is 0. The Morgan fingerprint density at radius 1 is 0.404 bits per heavy atom. The van der Waals surface area contributed by atoms with E-state index in [0.717, 1.165) is 67.0 Å². The fraction of sp³-hybridized carbons (Fsp3) is 0.671. The molecule has 0 aliphatic rings. The lowest BCUT2D eigenvalue weighted by molar-refractivity contribution is -0.386. The van der Waals surface area contributed by atoms with Crippen LogP contribution in [0.1, 0.15) is 290 Å². The van der Waals surface area contributed by atoms with Crippen molar-refractivity contribution in [2.45, 2.75) is 291 Å². The summed E-state index contributed by atoms with van der Waals surface area (Å²) in [5.74, 6) is 1.64. The molecule has 4 aromatic carbocycles. The van der Waals surface area contributed by atoms with Crippen LogP contribution in [0, 0.1) is 27.2 Å². The van der Waals surface area contributed by atoms with Crippen molar-refractivity contribution in [3.8, 4) is 23.0 Å². The molecule has 13 nitrogen and oxygen atoms in total. The van der Waals surface area contributed by atoms with Gasteiger partial charge in [-0.15, -0.1) is 0 Å². The number of benzene rings is 4. The Bertz CT molecular complexity index is 2490. The monoisotopic (exact) mass is 1520 g/mol. The molecule has 540 valence electrons. The minimum absolute atomic E-state index is 0.0652. The molecule has 0 fully saturated rings. The number of nitrogens with zero attached hydrogens (tertiary/aromatic N) is 2. The minimum atomic E-state index is -3.72. The predicted octanol–water partition coefficient (Wildman–Crippen LogP) is 27.7. The highest BCUT2D eigenvalue weighted by Gasteiger charge is 2.16. The first kappa shape index (κ1) is 92.9. The Morgan fingerprint density at radius 3 is 0.968 bits per heavy atom. The van der Waals surface area contributed by atoms with Crippen LogP contribution in [0.25, 0.3) is 0 Å². The Kier molecular flexibility index (Phi) is 65.0. The molecule has 0 amide bonds. The van der Waals surface area contributed by atoms with Gasteiger partial charge in [0, 0.05) is 58.9 Å². The summed E-state index contributed by atoms with van der Waals surface area (Å²) in [7, 11) is 4.81. The molecule has 0 bridgehead atoms. The number of anilines is 1. The van der Waals surface area contributed by atoms with Crippen molar-refractivity contribution in [3.05, 3.63) is 119 Å². The van der Waals surface area contributed by atoms with Gasteiger partial charge in [0.25, 0.3) is 0 Å². The largest absolute Gasteiger partial charge is 0.502 e. The fourth-order valence-corrected chi connectivity index (χ4v) is 10.9. The number of hydrogen-bond acceptors (Lipinski definition) is 11. The average molecular weight is 1520 g/mol. The first-order chi connectivity index (χ1) is 45.1. The van der Waals surface area contributed by atoms with E-state index in [1.807, 2.05) is 37.3 Å². The Hall–Kier alpha value is -3.15. The van der Waals surface area contributed by atoms with Gasteiger partial charge >= 0.3 is 19.6 Å². The second-order valence-corrected chi connectivity index (χ2v) is 29.9. The lowest BCUT2D eigenvalue weighted by atomic mass is 10.1. The third-order valence-corrected chi connectivity index (χ3v) is 16.6. The van der Waals surface area contributed by atoms with Gasteiger partial charge in [-0.2, -0.15) is 8.42 Å². The number of nitro groups is 2. The average Bonchev–Trinajstić information content (AvgIpc) is 1.02. The Labute approximate surface area is 606 Å². The van der Waals surface area contributed by atoms with Gasteiger partial charge in [-0.1, -0.05) is 321 Å². The van der Waals surface area contributed by atoms with Gasteiger partial charge in [-0.25, -0.2) is 0 Å². The highest BCUT2D eigenvalue weighted by atomic mass is 79.9. The number of hydrogen-bond donors (Lipinski definition) is 2. The van der Waals surface area contributed by atoms with E-state index in [2.05, 4.69) is 65.0 Å². The second kappa shape index (κ2) is 65.8. The summed E-state index contributed by atoms with van der Waals surface area (Å²) in [6.07, 6.45) is 53.8. The van der Waals surface area contributed by atoms with Crippen molar-refractivity contribution >= 4 is 109 Å². The van der Waals surface area contributed by atoms with Crippen LogP contribution < -0.4 is 19.9 Å². The number of ether oxygens (including phenoxy) is 3. The van der Waals surface area contributed by atoms with Crippen molar-refractivity contribution in [2.75, 3.05) is 30.9 Å². The quantitative estimate of drug-likeness (QED) is 0.0107. The van der Waals surface area contributed by atoms with Gasteiger partial charge < -0.3 is 25.1 Å². The molecule has 0 aromatic heterocycles. The summed E-state index contributed by atoms with van der Waals surface area (Å²) >= 11 is 26.5. The van der Waals surface area contributed by atoms with E-state index >= 15 is 0 Å². The Morgan fingerprint density at radius 2 is 0.660 bits per heavy atom. The molecule has 21 heteroatoms. The summed E-state index contributed by atoms with van der Waals surface area (Å²) in [6.45, 7) is 13.2. The van der Waals surface area contributed by atoms with Crippen LogP contribution in [0.2, 0.25) is 20.1 Å². The maximum atomic E-state index is 10.9. The predicted molar refractivity (Wildman–Crippen MR) is 408 cm³/mol. The number of rotatable bonds is 48. The van der Waals surface area contributed by atoms with Gasteiger partial charge in [0.2, 0.25) is 0 Å². The van der Waals surface area contributed by atoms with Gasteiger partial charge in [0.15, 0.2) is 11.5 Å². The minimum Gasteiger partial charge on any atom is -0.502 e. The van der Waals surface area contributed by atoms with E-state index in [1.54, 1.807) is 18.2 Å². The molecule has 0 heterocycles. The van der Waals surface area contributed by atoms with E-state index < -0.39 is 18.1 Å². The summed E-state index contributed by atoms with van der Waals surface area (Å²) < 4.78 is 35.3. The standard InChI is InChI=1S/C19H31ClO.C18H28ClNO3.C18H30ClNO.C12H25Br.C6H4ClNO3.Cl2O2S/c1-3-4-5-6-7-8-9-10-11-12-15-21-19-14-13-18(20)16-17(19)2;1-2-3-4-5-6-7-8-9-10-11-14-23-18-13-12-16(19)15-17(18)20(21)22;1-2-3-4-5-6-7-8-9-10-11-14-21-18-13-12-16(19)15-17(18)20;1-2-3-4-5-6-7-8-9-10-11-12-13;7-4-1-2-6(9)5(3-4)8(10)11;1-5(2,3)4/h13-14,16H,3-12,15H2,1-2H3;12-13,15H,2-11,14H2,1H3;12-13,15H,2-11,14,20H2,1H3;2-12H2,1H3;1-3,9H;. The lowest BCUT2D eigenvalue weighted by Crippen LogP contribution is -2.00. The SMILES string of the molecule is CCCCCCCCCCCCBr.CCCCCCCCCCCCOc1ccc(Cl)cc1C.CCCCCCCCCCCCOc1ccc(Cl)cc1N.CCCCCCCCCCCCOc1ccc(Cl)cc1[N+](=O)[O-].O=S(=O)(Cl)Cl.O=[N+]([O-])c1cc(Cl)ccc1O. The van der Waals surface area contributed by atoms with Crippen LogP contribution in [-0.4, -0.2) is 48.5 Å². The van der Waals surface area contributed by atoms with Crippen molar-refractivity contribution in [1.82, 2.24) is 0 Å². The molecule has 0 unspecified atom stereocenters. The smallest absolute Gasteiger partial charge is 0.317 e. The van der Waals surface area contributed by atoms with Gasteiger partial charge in [-0.3, -0.25) is 20.2 Å². The van der Waals surface area contributed by atoms with Crippen LogP contribution in [0.5, 0.6) is 23.0 Å². The van der Waals surface area contributed by atoms with Crippen molar-refractivity contribution in [1.29, 1.82) is 0 Å². The zero-order valence-electron chi connectivity index (χ0n) is 57.7. The topological polar surface area (TPSA) is 194 Å². The number of alkyl halides is 1. The third-order valence-electron chi connectivity index (χ3n) is 15.1. The van der Waals surface area contributed by atoms with Gasteiger partial charge in [-0.05, 0) is 98.8 Å². The molecule has 0 saturated carbocycles. The van der Waals surface area contributed by atoms with E-state index in [9.17, 15) is 20.2 Å². The van der Waals surface area contributed by atoms with E-state index in [4.69, 9.17) is 79.9 Å². The summed E-state index contributed by atoms with van der Waals surface area (Å²) in [5, 5.41) is 33.2.